The normalized spacial score (nSPS) is 10.0. The fraction of sp³-hybridized carbons (Fsp3) is 0.0588. The zero-order chi connectivity index (χ0) is 26.6. The first-order chi connectivity index (χ1) is 18.7. The minimum Gasteiger partial charge on any atom is -0.407 e. The maximum atomic E-state index is 5.48. The molecule has 0 aliphatic heterocycles. The third kappa shape index (κ3) is 7.34. The van der Waals surface area contributed by atoms with Crippen molar-refractivity contribution >= 4 is 56.6 Å². The predicted octanol–water partition coefficient (Wildman–Crippen LogP) is 8.77. The number of ether oxygens (including phenoxy) is 1. The van der Waals surface area contributed by atoms with Crippen LogP contribution in [0.5, 0.6) is 5.75 Å². The van der Waals surface area contributed by atoms with Crippen LogP contribution in [-0.4, -0.2) is 0 Å². The zero-order valence-corrected chi connectivity index (χ0v) is 22.6. The van der Waals surface area contributed by atoms with Crippen molar-refractivity contribution < 1.29 is 4.74 Å². The zero-order valence-electron chi connectivity index (χ0n) is 21.0. The highest BCUT2D eigenvalue weighted by Gasteiger charge is 2.16. The Morgan fingerprint density at radius 1 is 0.711 bits per heavy atom. The molecule has 0 N–H and O–H groups in total. The summed E-state index contributed by atoms with van der Waals surface area (Å²) in [6.45, 7) is 4.14. The van der Waals surface area contributed by atoms with Gasteiger partial charge in [-0.05, 0) is 97.3 Å². The molecule has 4 rings (SSSR count). The highest BCUT2D eigenvalue weighted by atomic mass is 32.1. The van der Waals surface area contributed by atoms with Gasteiger partial charge < -0.3 is 4.74 Å². The summed E-state index contributed by atoms with van der Waals surface area (Å²) >= 11 is 3.50. The van der Waals surface area contributed by atoms with Crippen LogP contribution in [0.3, 0.4) is 0 Å². The molecule has 4 heteroatoms. The van der Waals surface area contributed by atoms with Gasteiger partial charge in [-0.25, -0.2) is 0 Å². The maximum Gasteiger partial charge on any atom is 0.140 e. The number of nitrogens with zero attached hydrogens (tertiary/aromatic N) is 1. The number of thiophene rings is 2. The van der Waals surface area contributed by atoms with Crippen LogP contribution in [-0.2, 0) is 0 Å². The van der Waals surface area contributed by atoms with Crippen molar-refractivity contribution in [3.8, 4) is 53.8 Å². The van der Waals surface area contributed by atoms with Crippen LogP contribution in [0.4, 0.5) is 15.7 Å². The van der Waals surface area contributed by atoms with Gasteiger partial charge in [0.15, 0.2) is 0 Å². The van der Waals surface area contributed by atoms with Crippen LogP contribution in [0.25, 0.3) is 18.2 Å². The summed E-state index contributed by atoms with van der Waals surface area (Å²) in [7, 11) is 0. The molecular weight excluding hydrogens is 503 g/mol. The summed E-state index contributed by atoms with van der Waals surface area (Å²) in [5.41, 5.74) is 3.41. The predicted molar refractivity (Wildman–Crippen MR) is 164 cm³/mol. The molecule has 0 aliphatic carbocycles. The minimum atomic E-state index is 0.635. The lowest BCUT2D eigenvalue weighted by atomic mass is 10.1. The van der Waals surface area contributed by atoms with Gasteiger partial charge in [0.2, 0.25) is 0 Å². The van der Waals surface area contributed by atoms with E-state index in [0.29, 0.717) is 5.75 Å². The topological polar surface area (TPSA) is 12.5 Å². The molecule has 0 fully saturated rings. The molecule has 38 heavy (non-hydrogen) atoms. The van der Waals surface area contributed by atoms with Crippen LogP contribution in [0.15, 0.2) is 78.9 Å². The first kappa shape index (κ1) is 26.2. The van der Waals surface area contributed by atoms with E-state index in [1.54, 1.807) is 22.7 Å². The van der Waals surface area contributed by atoms with Gasteiger partial charge in [0.1, 0.15) is 21.9 Å². The van der Waals surface area contributed by atoms with E-state index in [4.69, 9.17) is 11.2 Å². The molecule has 2 aromatic heterocycles. The van der Waals surface area contributed by atoms with Crippen molar-refractivity contribution in [2.24, 2.45) is 0 Å². The summed E-state index contributed by atoms with van der Waals surface area (Å²) in [5, 5.41) is 2.28. The molecule has 2 heterocycles. The lowest BCUT2D eigenvalue weighted by Crippen LogP contribution is -2.06. The van der Waals surface area contributed by atoms with Crippen LogP contribution in [0, 0.1) is 55.0 Å². The molecule has 0 saturated heterocycles. The Bertz CT molecular complexity index is 1670. The van der Waals surface area contributed by atoms with E-state index >= 15 is 0 Å². The molecule has 0 radical (unpaired) electrons. The molecule has 2 aromatic carbocycles. The Morgan fingerprint density at radius 3 is 2.05 bits per heavy atom. The Balaban J connectivity index is 1.53. The van der Waals surface area contributed by atoms with Crippen LogP contribution < -0.4 is 9.64 Å². The van der Waals surface area contributed by atoms with Gasteiger partial charge in [-0.1, -0.05) is 42.5 Å². The van der Waals surface area contributed by atoms with Gasteiger partial charge in [-0.2, -0.15) is 0 Å². The molecule has 4 aromatic rings. The van der Waals surface area contributed by atoms with E-state index in [1.165, 1.54) is 20.9 Å². The van der Waals surface area contributed by atoms with Crippen LogP contribution >= 0.6 is 22.7 Å². The second kappa shape index (κ2) is 13.5. The number of hydrogen-bond donors (Lipinski definition) is 0. The number of hydrogen-bond acceptors (Lipinski definition) is 4. The summed E-state index contributed by atoms with van der Waals surface area (Å²) in [6, 6.07) is 25.0. The summed E-state index contributed by atoms with van der Waals surface area (Å²) < 4.78 is 5.48. The number of rotatable bonds is 7. The van der Waals surface area contributed by atoms with Crippen molar-refractivity contribution in [3.63, 3.8) is 0 Å². The van der Waals surface area contributed by atoms with Gasteiger partial charge >= 0.3 is 0 Å². The van der Waals surface area contributed by atoms with Crippen molar-refractivity contribution in [1.29, 1.82) is 0 Å². The number of aryl methyl sites for hydroxylation is 1. The van der Waals surface area contributed by atoms with Crippen LogP contribution in [0.1, 0.15) is 27.8 Å². The fourth-order valence-corrected chi connectivity index (χ4v) is 5.35. The first-order valence-corrected chi connectivity index (χ1v) is 13.4. The molecule has 0 bridgehead atoms. The van der Waals surface area contributed by atoms with Crippen LogP contribution in [0.2, 0.25) is 0 Å². The molecule has 0 amide bonds. The fourth-order valence-electron chi connectivity index (χ4n) is 3.45. The quantitative estimate of drug-likeness (QED) is 0.224. The summed E-state index contributed by atoms with van der Waals surface area (Å²) in [5.74, 6) is 15.5. The van der Waals surface area contributed by atoms with Gasteiger partial charge in [-0.3, -0.25) is 4.90 Å². The number of terminal acetylenes is 1. The number of benzene rings is 2. The molecule has 0 saturated carbocycles. The van der Waals surface area contributed by atoms with Crippen molar-refractivity contribution in [3.05, 3.63) is 99.8 Å². The van der Waals surface area contributed by atoms with E-state index in [1.807, 2.05) is 37.3 Å². The number of allylic oxidation sites excluding steroid dienone is 1. The van der Waals surface area contributed by atoms with Crippen molar-refractivity contribution in [2.45, 2.75) is 13.8 Å². The average Bonchev–Trinajstić information content (AvgIpc) is 3.58. The number of anilines is 3. The maximum absolute atomic E-state index is 5.48. The minimum absolute atomic E-state index is 0.635. The van der Waals surface area contributed by atoms with E-state index in [2.05, 4.69) is 120 Å². The molecule has 2 nitrogen and oxygen atoms in total. The lowest BCUT2D eigenvalue weighted by Gasteiger charge is -2.21. The molecule has 0 spiro atoms. The highest BCUT2D eigenvalue weighted by molar-refractivity contribution is 7.19. The van der Waals surface area contributed by atoms with Gasteiger partial charge in [0.05, 0.1) is 0 Å². The Hall–Kier alpha value is -4.84. The highest BCUT2D eigenvalue weighted by Crippen LogP contribution is 2.42. The largest absolute Gasteiger partial charge is 0.407 e. The molecular formula is C34H23NOS2. The van der Waals surface area contributed by atoms with Gasteiger partial charge in [0, 0.05) is 33.2 Å². The third-order valence-electron chi connectivity index (χ3n) is 5.15. The standard InChI is InChI=1S/C34H23NOS2/c1-4-6-7-8-9-10-26-36-31-20-18-30(19-21-31)35(33-24-12-27(3)37-33)34-25-23-32(38-34)22-17-29-15-13-28(11-5-2)14-16-29/h1,5,11-25H,2-3H3. The second-order valence-electron chi connectivity index (χ2n) is 7.86. The first-order valence-electron chi connectivity index (χ1n) is 11.8. The lowest BCUT2D eigenvalue weighted by molar-refractivity contribution is 0.520. The third-order valence-corrected chi connectivity index (χ3v) is 7.17. The van der Waals surface area contributed by atoms with Crippen molar-refractivity contribution in [1.82, 2.24) is 0 Å². The Kier molecular flexibility index (Phi) is 9.29. The summed E-state index contributed by atoms with van der Waals surface area (Å²) in [4.78, 5) is 4.70. The molecule has 182 valence electrons. The summed E-state index contributed by atoms with van der Waals surface area (Å²) in [6.07, 6.45) is 16.1. The molecule has 0 aliphatic rings. The van der Waals surface area contributed by atoms with E-state index < -0.39 is 0 Å². The van der Waals surface area contributed by atoms with E-state index in [9.17, 15) is 0 Å². The molecule has 0 atom stereocenters. The monoisotopic (exact) mass is 525 g/mol. The Labute approximate surface area is 232 Å². The average molecular weight is 526 g/mol. The van der Waals surface area contributed by atoms with E-state index in [-0.39, 0.29) is 0 Å². The second-order valence-corrected chi connectivity index (χ2v) is 10.2. The van der Waals surface area contributed by atoms with Gasteiger partial charge in [0.25, 0.3) is 0 Å². The Morgan fingerprint density at radius 2 is 1.37 bits per heavy atom. The van der Waals surface area contributed by atoms with Gasteiger partial charge in [-0.15, -0.1) is 29.1 Å². The molecule has 0 unspecified atom stereocenters. The van der Waals surface area contributed by atoms with E-state index in [0.717, 1.165) is 15.7 Å². The van der Waals surface area contributed by atoms with Crippen molar-refractivity contribution in [2.75, 3.05) is 4.90 Å². The smallest absolute Gasteiger partial charge is 0.140 e. The SMILES string of the molecule is C#CC#CC#CC#COc1ccc(N(c2ccc(C)s2)c2ccc(C=Cc3ccc(C=CC)cc3)s2)cc1.